The molecule has 0 aliphatic carbocycles. The van der Waals surface area contributed by atoms with Gasteiger partial charge in [-0.15, -0.1) is 0 Å². The third-order valence-corrected chi connectivity index (χ3v) is 2.35. The molecule has 5 heteroatoms. The summed E-state index contributed by atoms with van der Waals surface area (Å²) in [6.07, 6.45) is 1.65. The highest BCUT2D eigenvalue weighted by Gasteiger charge is 2.28. The second-order valence-electron chi connectivity index (χ2n) is 3.51. The van der Waals surface area contributed by atoms with Crippen LogP contribution in [-0.2, 0) is 14.3 Å². The first-order chi connectivity index (χ1) is 8.22. The van der Waals surface area contributed by atoms with Crippen LogP contribution in [0.2, 0.25) is 0 Å². The maximum Gasteiger partial charge on any atom is 0.336 e. The number of nitrogens with one attached hydrogen (secondary N) is 1. The Hall–Kier alpha value is -2.17. The van der Waals surface area contributed by atoms with Gasteiger partial charge in [-0.2, -0.15) is 0 Å². The number of aromatic nitrogens is 1. The summed E-state index contributed by atoms with van der Waals surface area (Å²) in [5.74, 6) is -0.680. The van der Waals surface area contributed by atoms with Crippen molar-refractivity contribution < 1.29 is 14.3 Å². The van der Waals surface area contributed by atoms with Crippen LogP contribution in [0.25, 0.3) is 5.70 Å². The number of ether oxygens (including phenoxy) is 1. The van der Waals surface area contributed by atoms with E-state index in [2.05, 4.69) is 10.3 Å². The Bertz CT molecular complexity index is 480. The maximum atomic E-state index is 11.7. The fourth-order valence-electron chi connectivity index (χ4n) is 1.63. The molecule has 0 radical (unpaired) electrons. The van der Waals surface area contributed by atoms with Gasteiger partial charge in [-0.1, -0.05) is 6.07 Å². The van der Waals surface area contributed by atoms with Crippen LogP contribution in [0, 0.1) is 0 Å². The highest BCUT2D eigenvalue weighted by molar-refractivity contribution is 6.09. The number of hydrogen-bond acceptors (Lipinski definition) is 4. The molecule has 2 heterocycles. The molecular formula is C12H12N2O3. The molecule has 0 saturated heterocycles. The van der Waals surface area contributed by atoms with E-state index in [0.29, 0.717) is 17.0 Å². The van der Waals surface area contributed by atoms with Gasteiger partial charge >= 0.3 is 5.97 Å². The van der Waals surface area contributed by atoms with Crippen molar-refractivity contribution >= 4 is 17.6 Å². The lowest BCUT2D eigenvalue weighted by molar-refractivity contribution is -0.139. The van der Waals surface area contributed by atoms with Crippen molar-refractivity contribution in [3.05, 3.63) is 35.7 Å². The van der Waals surface area contributed by atoms with Crippen LogP contribution < -0.4 is 5.32 Å². The van der Waals surface area contributed by atoms with Crippen molar-refractivity contribution in [2.45, 2.75) is 13.3 Å². The fourth-order valence-corrected chi connectivity index (χ4v) is 1.63. The molecule has 0 fully saturated rings. The third-order valence-electron chi connectivity index (χ3n) is 2.35. The van der Waals surface area contributed by atoms with E-state index < -0.39 is 5.97 Å². The van der Waals surface area contributed by atoms with Gasteiger partial charge in [0.15, 0.2) is 0 Å². The van der Waals surface area contributed by atoms with Gasteiger partial charge in [0.05, 0.1) is 30.0 Å². The summed E-state index contributed by atoms with van der Waals surface area (Å²) in [7, 11) is 0. The predicted octanol–water partition coefficient (Wildman–Crippen LogP) is 0.876. The van der Waals surface area contributed by atoms with Crippen LogP contribution in [0.15, 0.2) is 30.0 Å². The predicted molar refractivity (Wildman–Crippen MR) is 60.5 cm³/mol. The average Bonchev–Trinajstić information content (AvgIpc) is 2.73. The van der Waals surface area contributed by atoms with E-state index >= 15 is 0 Å². The lowest BCUT2D eigenvalue weighted by atomic mass is 10.1. The van der Waals surface area contributed by atoms with Crippen molar-refractivity contribution in [3.8, 4) is 0 Å². The zero-order chi connectivity index (χ0) is 12.3. The number of pyridine rings is 1. The smallest absolute Gasteiger partial charge is 0.336 e. The molecule has 0 atom stereocenters. The summed E-state index contributed by atoms with van der Waals surface area (Å²) in [5.41, 5.74) is 1.37. The topological polar surface area (TPSA) is 68.3 Å². The van der Waals surface area contributed by atoms with Gasteiger partial charge in [-0.3, -0.25) is 9.78 Å². The minimum Gasteiger partial charge on any atom is -0.463 e. The second-order valence-corrected chi connectivity index (χ2v) is 3.51. The van der Waals surface area contributed by atoms with Gasteiger partial charge in [0.1, 0.15) is 0 Å². The minimum absolute atomic E-state index is 0.0464. The molecule has 0 bridgehead atoms. The van der Waals surface area contributed by atoms with Crippen molar-refractivity contribution in [1.29, 1.82) is 0 Å². The number of carbonyl (C=O) groups is 2. The highest BCUT2D eigenvalue weighted by atomic mass is 16.5. The molecule has 0 spiro atoms. The number of nitrogens with zero attached hydrogens (tertiary/aromatic N) is 1. The molecule has 1 aliphatic rings. The summed E-state index contributed by atoms with van der Waals surface area (Å²) in [6.45, 7) is 2.01. The summed E-state index contributed by atoms with van der Waals surface area (Å²) < 4.78 is 4.91. The molecule has 0 aromatic carbocycles. The number of carbonyl (C=O) groups excluding carboxylic acids is 2. The van der Waals surface area contributed by atoms with Crippen molar-refractivity contribution in [3.63, 3.8) is 0 Å². The van der Waals surface area contributed by atoms with Gasteiger partial charge in [0, 0.05) is 6.20 Å². The Morgan fingerprint density at radius 1 is 1.53 bits per heavy atom. The zero-order valence-electron chi connectivity index (χ0n) is 9.40. The summed E-state index contributed by atoms with van der Waals surface area (Å²) >= 11 is 0. The van der Waals surface area contributed by atoms with E-state index in [4.69, 9.17) is 4.74 Å². The van der Waals surface area contributed by atoms with Gasteiger partial charge < -0.3 is 10.1 Å². The van der Waals surface area contributed by atoms with Crippen molar-refractivity contribution in [2.75, 3.05) is 6.61 Å². The molecular weight excluding hydrogens is 220 g/mol. The van der Waals surface area contributed by atoms with Crippen LogP contribution in [0.1, 0.15) is 19.0 Å². The van der Waals surface area contributed by atoms with Gasteiger partial charge in [0.2, 0.25) is 5.91 Å². The first-order valence-corrected chi connectivity index (χ1v) is 5.34. The quantitative estimate of drug-likeness (QED) is 0.785. The van der Waals surface area contributed by atoms with E-state index in [1.807, 2.05) is 0 Å². The van der Waals surface area contributed by atoms with Crippen LogP contribution in [0.5, 0.6) is 0 Å². The number of hydrogen-bond donors (Lipinski definition) is 1. The average molecular weight is 232 g/mol. The van der Waals surface area contributed by atoms with Gasteiger partial charge in [0.25, 0.3) is 0 Å². The van der Waals surface area contributed by atoms with E-state index in [1.54, 1.807) is 31.3 Å². The maximum absolute atomic E-state index is 11.7. The molecule has 1 amide bonds. The highest BCUT2D eigenvalue weighted by Crippen LogP contribution is 2.23. The van der Waals surface area contributed by atoms with Gasteiger partial charge in [-0.25, -0.2) is 4.79 Å². The molecule has 88 valence electrons. The van der Waals surface area contributed by atoms with E-state index in [0.717, 1.165) is 0 Å². The number of rotatable bonds is 3. The third kappa shape index (κ3) is 2.33. The zero-order valence-corrected chi connectivity index (χ0v) is 9.40. The van der Waals surface area contributed by atoms with Crippen molar-refractivity contribution in [2.24, 2.45) is 0 Å². The molecule has 0 saturated carbocycles. The summed E-state index contributed by atoms with van der Waals surface area (Å²) in [5, 5.41) is 2.64. The van der Waals surface area contributed by atoms with Crippen molar-refractivity contribution in [1.82, 2.24) is 10.3 Å². The van der Waals surface area contributed by atoms with E-state index in [-0.39, 0.29) is 18.9 Å². The Morgan fingerprint density at radius 2 is 2.35 bits per heavy atom. The molecule has 0 unspecified atom stereocenters. The first-order valence-electron chi connectivity index (χ1n) is 5.34. The molecule has 1 aromatic heterocycles. The van der Waals surface area contributed by atoms with E-state index in [1.165, 1.54) is 0 Å². The number of amides is 1. The minimum atomic E-state index is -0.466. The lowest BCUT2D eigenvalue weighted by Gasteiger charge is -2.05. The number of esters is 1. The molecule has 1 aromatic rings. The standard InChI is InChI=1S/C12H12N2O3/c1-2-17-12(16)8-7-10(15)14-11(8)9-5-3-4-6-13-9/h3-6H,2,7H2,1H3,(H,14,15). The lowest BCUT2D eigenvalue weighted by Crippen LogP contribution is -2.14. The van der Waals surface area contributed by atoms with Gasteiger partial charge in [-0.05, 0) is 19.1 Å². The Kier molecular flexibility index (Phi) is 3.18. The normalized spacial score (nSPS) is 14.8. The molecule has 17 heavy (non-hydrogen) atoms. The molecule has 1 N–H and O–H groups in total. The molecule has 2 rings (SSSR count). The van der Waals surface area contributed by atoms with E-state index in [9.17, 15) is 9.59 Å². The molecule has 1 aliphatic heterocycles. The monoisotopic (exact) mass is 232 g/mol. The van der Waals surface area contributed by atoms with Crippen LogP contribution in [0.3, 0.4) is 0 Å². The van der Waals surface area contributed by atoms with Crippen LogP contribution in [-0.4, -0.2) is 23.5 Å². The Balaban J connectivity index is 2.37. The summed E-state index contributed by atoms with van der Waals surface area (Å²) in [4.78, 5) is 27.1. The van der Waals surface area contributed by atoms with Crippen LogP contribution >= 0.6 is 0 Å². The summed E-state index contributed by atoms with van der Waals surface area (Å²) in [6, 6.07) is 5.30. The largest absolute Gasteiger partial charge is 0.463 e. The Morgan fingerprint density at radius 3 is 3.00 bits per heavy atom. The SMILES string of the molecule is CCOC(=O)C1=C(c2ccccn2)NC(=O)C1. The fraction of sp³-hybridized carbons (Fsp3) is 0.250. The second kappa shape index (κ2) is 4.78. The van der Waals surface area contributed by atoms with Crippen LogP contribution in [0.4, 0.5) is 0 Å². The molecule has 5 nitrogen and oxygen atoms in total. The first kappa shape index (κ1) is 11.3. The Labute approximate surface area is 98.5 Å².